The number of amides is 2. The Morgan fingerprint density at radius 1 is 0.909 bits per heavy atom. The molecule has 16 heteroatoms. The van der Waals surface area contributed by atoms with E-state index in [0.717, 1.165) is 0 Å². The minimum atomic E-state index is -4.14. The van der Waals surface area contributed by atoms with Crippen molar-refractivity contribution in [2.45, 2.75) is 56.0 Å². The molecule has 0 aromatic rings. The lowest BCUT2D eigenvalue weighted by molar-refractivity contribution is -0.425. The number of hydrogen-bond acceptors (Lipinski definition) is 13. The average Bonchev–Trinajstić information content (AvgIpc) is 2.72. The second kappa shape index (κ2) is 9.09. The third-order valence-electron chi connectivity index (χ3n) is 5.65. The number of alkyl halides is 1. The molecule has 1 rings (SSSR count). The molecule has 5 atom stereocenters. The van der Waals surface area contributed by atoms with Gasteiger partial charge in [-0.05, 0) is 20.8 Å². The van der Waals surface area contributed by atoms with Crippen molar-refractivity contribution in [3.63, 3.8) is 0 Å². The van der Waals surface area contributed by atoms with Crippen molar-refractivity contribution in [2.24, 2.45) is 5.29 Å². The van der Waals surface area contributed by atoms with E-state index in [0.29, 0.717) is 27.7 Å². The summed E-state index contributed by atoms with van der Waals surface area (Å²) in [6.45, 7) is -0.178. The Morgan fingerprint density at radius 3 is 1.70 bits per heavy atom. The third kappa shape index (κ3) is 3.47. The van der Waals surface area contributed by atoms with Gasteiger partial charge in [0.1, 0.15) is 0 Å². The van der Waals surface area contributed by atoms with E-state index in [2.05, 4.69) is 5.29 Å². The highest BCUT2D eigenvalue weighted by Crippen LogP contribution is 2.53. The van der Waals surface area contributed by atoms with Gasteiger partial charge in [0.15, 0.2) is 28.7 Å². The molecule has 0 spiro atoms. The summed E-state index contributed by atoms with van der Waals surface area (Å²) in [4.78, 5) is 73.6. The monoisotopic (exact) mass is 497 g/mol. The zero-order valence-corrected chi connectivity index (χ0v) is 18.7. The topological polar surface area (TPSA) is 240 Å². The summed E-state index contributed by atoms with van der Waals surface area (Å²) in [6, 6.07) is -1.78. The van der Waals surface area contributed by atoms with Gasteiger partial charge in [0, 0.05) is 12.8 Å². The Kier molecular flexibility index (Phi) is 7.89. The molecule has 1 saturated heterocycles. The fraction of sp³-hybridized carbons (Fsp3) is 0.706. The Hall–Kier alpha value is -2.40. The zero-order valence-electron chi connectivity index (χ0n) is 18.0. The van der Waals surface area contributed by atoms with E-state index in [1.807, 2.05) is 0 Å². The number of hydrogen-bond donors (Lipinski definition) is 6. The molecule has 6 N–H and O–H groups in total. The number of halogens is 1. The van der Waals surface area contributed by atoms with Gasteiger partial charge in [0.05, 0.1) is 18.4 Å². The first kappa shape index (κ1) is 28.6. The van der Waals surface area contributed by atoms with Gasteiger partial charge >= 0.3 is 6.03 Å². The van der Waals surface area contributed by atoms with E-state index in [9.17, 15) is 54.4 Å². The zero-order chi connectivity index (χ0) is 26.2. The van der Waals surface area contributed by atoms with Crippen molar-refractivity contribution in [1.82, 2.24) is 10.3 Å². The molecular formula is C17H24ClN3O12. The summed E-state index contributed by atoms with van der Waals surface area (Å²) in [5.74, 6) is -10.9. The minimum absolute atomic E-state index is 0.00220. The van der Waals surface area contributed by atoms with E-state index in [-0.39, 0.29) is 5.01 Å². The standard InChI is InChI=1S/C17H24ClN3O12/c1-8(23)13(7-22)14(28,9(2)24)15(29,10(3)25)17(31,16(30,33-13)11(4)26)19-12(27)21(20-32)6-5-18/h22,28-31H,5-7H2,1-4H3,(H,19,27)/t13-,14+,15-,16?,17+/m0/s1. The molecule has 1 aliphatic rings. The Bertz CT molecular complexity index is 900. The fourth-order valence-corrected chi connectivity index (χ4v) is 3.97. The predicted octanol–water partition coefficient (Wildman–Crippen LogP) is -3.13. The molecule has 2 amide bonds. The molecule has 0 aliphatic carbocycles. The molecule has 1 fully saturated rings. The first-order chi connectivity index (χ1) is 14.9. The van der Waals surface area contributed by atoms with Crippen molar-refractivity contribution in [3.05, 3.63) is 4.91 Å². The highest BCUT2D eigenvalue weighted by atomic mass is 35.5. The van der Waals surface area contributed by atoms with E-state index in [1.54, 1.807) is 0 Å². The van der Waals surface area contributed by atoms with Crippen molar-refractivity contribution >= 4 is 40.8 Å². The highest BCUT2D eigenvalue weighted by molar-refractivity contribution is 6.18. The molecule has 0 saturated carbocycles. The van der Waals surface area contributed by atoms with E-state index < -0.39 is 76.5 Å². The lowest BCUT2D eigenvalue weighted by Crippen LogP contribution is -2.96. The Labute approximate surface area is 191 Å². The summed E-state index contributed by atoms with van der Waals surface area (Å²) < 4.78 is 4.95. The molecule has 1 heterocycles. The highest BCUT2D eigenvalue weighted by Gasteiger charge is 2.88. The number of nitrogens with zero attached hydrogens (tertiary/aromatic N) is 2. The summed E-state index contributed by atoms with van der Waals surface area (Å²) >= 11 is 5.42. The number of Topliss-reactive ketones (excluding diaryl/α,β-unsaturated/α-hetero) is 4. The van der Waals surface area contributed by atoms with Crippen LogP contribution < -0.4 is 5.32 Å². The normalized spacial score (nSPS) is 35.9. The molecule has 186 valence electrons. The second-order valence-corrected chi connectivity index (χ2v) is 7.79. The lowest BCUT2D eigenvalue weighted by atomic mass is 9.57. The van der Waals surface area contributed by atoms with Gasteiger partial charge in [0.25, 0.3) is 5.79 Å². The van der Waals surface area contributed by atoms with Crippen LogP contribution in [0.1, 0.15) is 27.7 Å². The molecule has 1 aliphatic heterocycles. The van der Waals surface area contributed by atoms with Gasteiger partial charge in [-0.2, -0.15) is 5.01 Å². The van der Waals surface area contributed by atoms with Crippen molar-refractivity contribution in [2.75, 3.05) is 19.0 Å². The molecule has 33 heavy (non-hydrogen) atoms. The molecule has 0 bridgehead atoms. The number of carbonyl (C=O) groups is 5. The number of nitroso groups, excluding NO2 is 1. The third-order valence-corrected chi connectivity index (χ3v) is 5.82. The van der Waals surface area contributed by atoms with E-state index in [1.165, 1.54) is 5.32 Å². The SMILES string of the molecule is CC(=O)C1(O)O[C@@](CO)(C(C)=O)[C@](O)(C(C)=O)[C@@](O)(C(C)=O)[C@]1(O)NC(=O)N(CCCl)N=O. The van der Waals surface area contributed by atoms with Crippen LogP contribution in [0.15, 0.2) is 5.29 Å². The van der Waals surface area contributed by atoms with Crippen LogP contribution in [0.25, 0.3) is 0 Å². The second-order valence-electron chi connectivity index (χ2n) is 7.41. The van der Waals surface area contributed by atoms with Gasteiger partial charge in [-0.3, -0.25) is 19.2 Å². The van der Waals surface area contributed by atoms with Gasteiger partial charge < -0.3 is 35.6 Å². The van der Waals surface area contributed by atoms with Crippen molar-refractivity contribution in [1.29, 1.82) is 0 Å². The lowest BCUT2D eigenvalue weighted by Gasteiger charge is -2.63. The van der Waals surface area contributed by atoms with Crippen LogP contribution in [-0.4, -0.2) is 107 Å². The van der Waals surface area contributed by atoms with Gasteiger partial charge in [-0.15, -0.1) is 16.5 Å². The minimum Gasteiger partial charge on any atom is -0.393 e. The molecular weight excluding hydrogens is 474 g/mol. The van der Waals surface area contributed by atoms with Crippen LogP contribution in [0.5, 0.6) is 0 Å². The molecule has 0 aromatic carbocycles. The number of ketones is 4. The fourth-order valence-electron chi connectivity index (χ4n) is 3.81. The van der Waals surface area contributed by atoms with Crippen LogP contribution >= 0.6 is 11.6 Å². The number of nitrogens with one attached hydrogen (secondary N) is 1. The van der Waals surface area contributed by atoms with Crippen molar-refractivity contribution < 1.29 is 54.2 Å². The number of carbonyl (C=O) groups excluding carboxylic acids is 5. The largest absolute Gasteiger partial charge is 0.393 e. The van der Waals surface area contributed by atoms with Crippen LogP contribution in [0, 0.1) is 4.91 Å². The quantitative estimate of drug-likeness (QED) is 0.0801. The van der Waals surface area contributed by atoms with Gasteiger partial charge in [0.2, 0.25) is 16.9 Å². The van der Waals surface area contributed by atoms with Crippen molar-refractivity contribution in [3.8, 4) is 0 Å². The first-order valence-electron chi connectivity index (χ1n) is 9.18. The number of rotatable bonds is 9. The van der Waals surface area contributed by atoms with E-state index >= 15 is 0 Å². The maximum absolute atomic E-state index is 12.7. The number of aliphatic hydroxyl groups is 5. The summed E-state index contributed by atoms with van der Waals surface area (Å²) in [5, 5.41) is 58.7. The number of urea groups is 1. The van der Waals surface area contributed by atoms with E-state index in [4.69, 9.17) is 16.3 Å². The molecule has 0 aromatic heterocycles. The first-order valence-corrected chi connectivity index (χ1v) is 9.72. The molecule has 1 unspecified atom stereocenters. The van der Waals surface area contributed by atoms with Crippen LogP contribution in [0.2, 0.25) is 0 Å². The Balaban J connectivity index is 4.19. The maximum Gasteiger partial charge on any atom is 0.342 e. The molecule has 15 nitrogen and oxygen atoms in total. The summed E-state index contributed by atoms with van der Waals surface area (Å²) in [6.07, 6.45) is 0. The van der Waals surface area contributed by atoms with Crippen LogP contribution in [-0.2, 0) is 23.9 Å². The maximum atomic E-state index is 12.7. The summed E-state index contributed by atoms with van der Waals surface area (Å²) in [7, 11) is 0. The average molecular weight is 498 g/mol. The number of aliphatic hydroxyl groups excluding tert-OH is 1. The Morgan fingerprint density at radius 2 is 1.39 bits per heavy atom. The molecule has 0 radical (unpaired) electrons. The predicted molar refractivity (Wildman–Crippen MR) is 105 cm³/mol. The van der Waals surface area contributed by atoms with Gasteiger partial charge in [-0.25, -0.2) is 4.79 Å². The smallest absolute Gasteiger partial charge is 0.342 e. The number of ether oxygens (including phenoxy) is 1. The van der Waals surface area contributed by atoms with Gasteiger partial charge in [-0.1, -0.05) is 0 Å². The van der Waals surface area contributed by atoms with Crippen LogP contribution in [0.3, 0.4) is 0 Å². The summed E-state index contributed by atoms with van der Waals surface area (Å²) in [5.41, 5.74) is -15.6. The van der Waals surface area contributed by atoms with Crippen LogP contribution in [0.4, 0.5) is 4.79 Å².